The summed E-state index contributed by atoms with van der Waals surface area (Å²) in [6, 6.07) is 14.2. The van der Waals surface area contributed by atoms with Gasteiger partial charge in [0.25, 0.3) is 11.2 Å². The lowest BCUT2D eigenvalue weighted by atomic mass is 10.0. The number of aromatic nitrogens is 2. The van der Waals surface area contributed by atoms with E-state index in [1.807, 2.05) is 30.3 Å². The first kappa shape index (κ1) is 18.8. The number of benzene rings is 2. The van der Waals surface area contributed by atoms with Gasteiger partial charge in [0, 0.05) is 43.2 Å². The largest absolute Gasteiger partial charge is 0.496 e. The van der Waals surface area contributed by atoms with Gasteiger partial charge in [0.1, 0.15) is 11.6 Å². The van der Waals surface area contributed by atoms with Crippen molar-refractivity contribution in [1.29, 1.82) is 0 Å². The predicted molar refractivity (Wildman–Crippen MR) is 108 cm³/mol. The minimum Gasteiger partial charge on any atom is -0.496 e. The molecule has 8 heteroatoms. The zero-order valence-corrected chi connectivity index (χ0v) is 15.9. The Kier molecular flexibility index (Phi) is 5.09. The fraction of sp³-hybridized carbons (Fsp3) is 0.238. The van der Waals surface area contributed by atoms with E-state index in [1.165, 1.54) is 19.2 Å². The van der Waals surface area contributed by atoms with Crippen LogP contribution in [0.4, 0.5) is 5.69 Å². The van der Waals surface area contributed by atoms with Crippen LogP contribution in [0.3, 0.4) is 0 Å². The van der Waals surface area contributed by atoms with Gasteiger partial charge in [-0.25, -0.2) is 4.98 Å². The van der Waals surface area contributed by atoms with Crippen molar-refractivity contribution >= 4 is 5.69 Å². The Morgan fingerprint density at radius 3 is 2.76 bits per heavy atom. The quantitative estimate of drug-likeness (QED) is 0.529. The molecular formula is C21H20N4O4. The van der Waals surface area contributed by atoms with Crippen LogP contribution in [0.15, 0.2) is 53.3 Å². The van der Waals surface area contributed by atoms with Crippen molar-refractivity contribution in [3.8, 4) is 17.1 Å². The van der Waals surface area contributed by atoms with Gasteiger partial charge in [0.05, 0.1) is 29.4 Å². The molecule has 1 N–H and O–H groups in total. The third kappa shape index (κ3) is 3.88. The molecule has 0 amide bonds. The number of nitrogens with one attached hydrogen (secondary N) is 1. The molecule has 0 saturated carbocycles. The number of nitrogens with zero attached hydrogens (tertiary/aromatic N) is 3. The molecule has 0 atom stereocenters. The van der Waals surface area contributed by atoms with Gasteiger partial charge in [-0.05, 0) is 6.07 Å². The van der Waals surface area contributed by atoms with E-state index >= 15 is 0 Å². The number of rotatable bonds is 5. The molecule has 1 aliphatic heterocycles. The molecule has 0 aliphatic carbocycles. The summed E-state index contributed by atoms with van der Waals surface area (Å²) in [6.07, 6.45) is 0.661. The maximum Gasteiger partial charge on any atom is 0.273 e. The van der Waals surface area contributed by atoms with Crippen LogP contribution < -0.4 is 10.3 Å². The number of hydrogen-bond donors (Lipinski definition) is 1. The fourth-order valence-electron chi connectivity index (χ4n) is 3.57. The van der Waals surface area contributed by atoms with E-state index in [2.05, 4.69) is 14.9 Å². The molecule has 0 bridgehead atoms. The minimum absolute atomic E-state index is 0.0105. The van der Waals surface area contributed by atoms with E-state index in [1.54, 1.807) is 6.07 Å². The van der Waals surface area contributed by atoms with Crippen LogP contribution in [0.1, 0.15) is 16.8 Å². The lowest BCUT2D eigenvalue weighted by Crippen LogP contribution is -2.35. The second kappa shape index (κ2) is 7.84. The predicted octanol–water partition coefficient (Wildman–Crippen LogP) is 2.91. The fourth-order valence-corrected chi connectivity index (χ4v) is 3.57. The highest BCUT2D eigenvalue weighted by Gasteiger charge is 2.23. The first-order valence-corrected chi connectivity index (χ1v) is 9.26. The van der Waals surface area contributed by atoms with Crippen molar-refractivity contribution in [3.05, 3.63) is 85.8 Å². The smallest absolute Gasteiger partial charge is 0.273 e. The van der Waals surface area contributed by atoms with Gasteiger partial charge in [-0.15, -0.1) is 0 Å². The molecular weight excluding hydrogens is 372 g/mol. The summed E-state index contributed by atoms with van der Waals surface area (Å²) in [5.41, 5.74) is 3.06. The number of methoxy groups -OCH3 is 1. The Hall–Kier alpha value is -3.52. The van der Waals surface area contributed by atoms with Gasteiger partial charge >= 0.3 is 0 Å². The normalized spacial score (nSPS) is 13.7. The topological polar surface area (TPSA) is 101 Å². The van der Waals surface area contributed by atoms with Crippen LogP contribution in [0.25, 0.3) is 11.4 Å². The number of H-pyrrole nitrogens is 1. The molecule has 1 aromatic heterocycles. The molecule has 8 nitrogen and oxygen atoms in total. The van der Waals surface area contributed by atoms with Gasteiger partial charge in [0.2, 0.25) is 0 Å². The summed E-state index contributed by atoms with van der Waals surface area (Å²) in [6.45, 7) is 1.73. The first-order valence-electron chi connectivity index (χ1n) is 9.26. The van der Waals surface area contributed by atoms with E-state index in [0.717, 1.165) is 23.4 Å². The summed E-state index contributed by atoms with van der Waals surface area (Å²) >= 11 is 0. The highest BCUT2D eigenvalue weighted by molar-refractivity contribution is 5.54. The highest BCUT2D eigenvalue weighted by atomic mass is 16.6. The van der Waals surface area contributed by atoms with Crippen LogP contribution in [0, 0.1) is 10.1 Å². The Morgan fingerprint density at radius 1 is 1.24 bits per heavy atom. The van der Waals surface area contributed by atoms with Crippen molar-refractivity contribution in [2.24, 2.45) is 0 Å². The molecule has 4 rings (SSSR count). The zero-order chi connectivity index (χ0) is 20.4. The lowest BCUT2D eigenvalue weighted by molar-refractivity contribution is -0.384. The summed E-state index contributed by atoms with van der Waals surface area (Å²) in [4.78, 5) is 32.9. The average molecular weight is 392 g/mol. The van der Waals surface area contributed by atoms with Crippen LogP contribution in [-0.2, 0) is 19.5 Å². The second-order valence-corrected chi connectivity index (χ2v) is 6.92. The molecule has 3 aromatic rings. The second-order valence-electron chi connectivity index (χ2n) is 6.92. The molecule has 1 aliphatic rings. The van der Waals surface area contributed by atoms with E-state index in [-0.39, 0.29) is 11.2 Å². The Bertz CT molecular complexity index is 1110. The molecule has 2 aromatic carbocycles. The van der Waals surface area contributed by atoms with Crippen molar-refractivity contribution in [2.75, 3.05) is 13.7 Å². The number of aromatic amines is 1. The zero-order valence-electron chi connectivity index (χ0n) is 15.9. The van der Waals surface area contributed by atoms with Crippen LogP contribution in [-0.4, -0.2) is 33.4 Å². The molecule has 29 heavy (non-hydrogen) atoms. The average Bonchev–Trinajstić information content (AvgIpc) is 2.74. The van der Waals surface area contributed by atoms with E-state index in [4.69, 9.17) is 4.74 Å². The number of non-ortho nitro benzene ring substituents is 1. The summed E-state index contributed by atoms with van der Waals surface area (Å²) in [5.74, 6) is 1.05. The number of ether oxygens (including phenoxy) is 1. The van der Waals surface area contributed by atoms with Gasteiger partial charge < -0.3 is 9.72 Å². The number of fused-ring (bicyclic) bond motifs is 1. The van der Waals surface area contributed by atoms with Gasteiger partial charge in [-0.2, -0.15) is 0 Å². The monoisotopic (exact) mass is 392 g/mol. The summed E-state index contributed by atoms with van der Waals surface area (Å²) < 4.78 is 5.32. The maximum atomic E-state index is 12.7. The Balaban J connectivity index is 1.57. The SMILES string of the molecule is COc1cc([N+](=O)[O-])ccc1CN1CCc2nc(-c3ccccc3)[nH]c(=O)c2C1. The third-order valence-corrected chi connectivity index (χ3v) is 5.07. The summed E-state index contributed by atoms with van der Waals surface area (Å²) in [7, 11) is 1.49. The Morgan fingerprint density at radius 2 is 2.03 bits per heavy atom. The number of hydrogen-bond acceptors (Lipinski definition) is 6. The molecule has 0 fully saturated rings. The van der Waals surface area contributed by atoms with Crippen molar-refractivity contribution in [2.45, 2.75) is 19.5 Å². The minimum atomic E-state index is -0.445. The molecule has 148 valence electrons. The van der Waals surface area contributed by atoms with E-state index < -0.39 is 4.92 Å². The van der Waals surface area contributed by atoms with E-state index in [9.17, 15) is 14.9 Å². The first-order chi connectivity index (χ1) is 14.0. The van der Waals surface area contributed by atoms with Crippen molar-refractivity contribution in [1.82, 2.24) is 14.9 Å². The van der Waals surface area contributed by atoms with Crippen LogP contribution in [0.2, 0.25) is 0 Å². The number of nitro benzene ring substituents is 1. The molecule has 0 saturated heterocycles. The lowest BCUT2D eigenvalue weighted by Gasteiger charge is -2.28. The standard InChI is InChI=1S/C21H20N4O4/c1-29-19-11-16(25(27)28)8-7-15(19)12-24-10-9-18-17(13-24)21(26)23-20(22-18)14-5-3-2-4-6-14/h2-8,11H,9-10,12-13H2,1H3,(H,22,23,26). The van der Waals surface area contributed by atoms with Gasteiger partial charge in [-0.3, -0.25) is 19.8 Å². The van der Waals surface area contributed by atoms with Gasteiger partial charge in [-0.1, -0.05) is 30.3 Å². The van der Waals surface area contributed by atoms with Crippen molar-refractivity contribution < 1.29 is 9.66 Å². The maximum absolute atomic E-state index is 12.7. The molecule has 0 radical (unpaired) electrons. The number of nitro groups is 1. The molecule has 0 unspecified atom stereocenters. The van der Waals surface area contributed by atoms with Crippen LogP contribution in [0.5, 0.6) is 5.75 Å². The Labute approximate surface area is 166 Å². The van der Waals surface area contributed by atoms with Crippen molar-refractivity contribution in [3.63, 3.8) is 0 Å². The van der Waals surface area contributed by atoms with Gasteiger partial charge in [0.15, 0.2) is 0 Å². The third-order valence-electron chi connectivity index (χ3n) is 5.07. The summed E-state index contributed by atoms with van der Waals surface area (Å²) in [5, 5.41) is 11.0. The van der Waals surface area contributed by atoms with E-state index in [0.29, 0.717) is 36.6 Å². The highest BCUT2D eigenvalue weighted by Crippen LogP contribution is 2.27. The van der Waals surface area contributed by atoms with Crippen LogP contribution >= 0.6 is 0 Å². The molecule has 2 heterocycles. The molecule has 0 spiro atoms.